The van der Waals surface area contributed by atoms with Gasteiger partial charge in [0.2, 0.25) is 5.95 Å². The molecule has 0 aliphatic carbocycles. The van der Waals surface area contributed by atoms with E-state index in [1.54, 1.807) is 0 Å². The SMILES string of the molecule is c1cnc(-n2c3c4ccccc4c4ccccc4c3c3c4ccccc4c4sc5ccccc5c4c32)nc1. The van der Waals surface area contributed by atoms with E-state index in [2.05, 4.69) is 102 Å². The fourth-order valence-corrected chi connectivity index (χ4v) is 7.67. The third kappa shape index (κ3) is 2.48. The Balaban J connectivity index is 1.76. The second-order valence-corrected chi connectivity index (χ2v) is 10.8. The van der Waals surface area contributed by atoms with Gasteiger partial charge in [0.1, 0.15) is 0 Å². The first-order chi connectivity index (χ1) is 18.9. The summed E-state index contributed by atoms with van der Waals surface area (Å²) in [5.74, 6) is 0.694. The largest absolute Gasteiger partial charge is 0.277 e. The van der Waals surface area contributed by atoms with Gasteiger partial charge in [-0.2, -0.15) is 0 Å². The van der Waals surface area contributed by atoms with Gasteiger partial charge in [-0.25, -0.2) is 9.97 Å². The molecule has 3 nitrogen and oxygen atoms in total. The highest BCUT2D eigenvalue weighted by Gasteiger charge is 2.25. The molecule has 0 bridgehead atoms. The van der Waals surface area contributed by atoms with Crippen molar-refractivity contribution in [1.29, 1.82) is 0 Å². The van der Waals surface area contributed by atoms with E-state index >= 15 is 0 Å². The summed E-state index contributed by atoms with van der Waals surface area (Å²) in [4.78, 5) is 9.63. The Bertz CT molecular complexity index is 2400. The van der Waals surface area contributed by atoms with Crippen LogP contribution in [0, 0.1) is 0 Å². The Morgan fingerprint density at radius 2 is 0.974 bits per heavy atom. The first-order valence-electron chi connectivity index (χ1n) is 12.8. The highest BCUT2D eigenvalue weighted by molar-refractivity contribution is 7.27. The summed E-state index contributed by atoms with van der Waals surface area (Å²) in [5.41, 5.74) is 2.34. The molecule has 3 aromatic heterocycles. The Hall–Kier alpha value is -4.80. The van der Waals surface area contributed by atoms with Crippen LogP contribution in [-0.2, 0) is 0 Å². The smallest absolute Gasteiger partial charge is 0.234 e. The second-order valence-electron chi connectivity index (χ2n) is 9.77. The molecule has 6 aromatic carbocycles. The number of thiophene rings is 1. The summed E-state index contributed by atoms with van der Waals surface area (Å²) in [6.45, 7) is 0. The Kier molecular flexibility index (Phi) is 3.93. The van der Waals surface area contributed by atoms with E-state index in [-0.39, 0.29) is 0 Å². The van der Waals surface area contributed by atoms with Crippen LogP contribution in [0.5, 0.6) is 0 Å². The molecule has 0 N–H and O–H groups in total. The first-order valence-corrected chi connectivity index (χ1v) is 13.6. The van der Waals surface area contributed by atoms with Crippen LogP contribution in [0.4, 0.5) is 0 Å². The molecule has 0 spiro atoms. The maximum Gasteiger partial charge on any atom is 0.234 e. The second kappa shape index (κ2) is 7.37. The molecule has 9 rings (SSSR count). The molecule has 0 unspecified atom stereocenters. The van der Waals surface area contributed by atoms with E-state index in [0.29, 0.717) is 5.95 Å². The lowest BCUT2D eigenvalue weighted by atomic mass is 9.94. The number of nitrogens with zero attached hydrogens (tertiary/aromatic N) is 3. The van der Waals surface area contributed by atoms with Crippen molar-refractivity contribution in [2.75, 3.05) is 0 Å². The Morgan fingerprint density at radius 3 is 1.71 bits per heavy atom. The van der Waals surface area contributed by atoms with Crippen LogP contribution in [-0.4, -0.2) is 14.5 Å². The molecule has 0 radical (unpaired) electrons. The molecule has 9 aromatic rings. The molecular weight excluding hydrogens is 482 g/mol. The monoisotopic (exact) mass is 501 g/mol. The van der Waals surface area contributed by atoms with Gasteiger partial charge < -0.3 is 0 Å². The van der Waals surface area contributed by atoms with Crippen molar-refractivity contribution in [1.82, 2.24) is 14.5 Å². The molecule has 176 valence electrons. The van der Waals surface area contributed by atoms with Gasteiger partial charge in [-0.15, -0.1) is 11.3 Å². The summed E-state index contributed by atoms with van der Waals surface area (Å²) in [7, 11) is 0. The van der Waals surface area contributed by atoms with Crippen LogP contribution in [0.3, 0.4) is 0 Å². The van der Waals surface area contributed by atoms with Crippen LogP contribution in [0.15, 0.2) is 116 Å². The standard InChI is InChI=1S/C34H19N3S/c1-3-12-22-20(10-1)21-11-2-5-14-24(21)31-28(22)29-23-13-4-6-15-25(23)33-30(26-16-7-8-17-27(26)38-33)32(29)37(31)34-35-18-9-19-36-34/h1-19H. The van der Waals surface area contributed by atoms with Crippen LogP contribution in [0.1, 0.15) is 0 Å². The molecule has 0 aliphatic rings. The molecule has 0 atom stereocenters. The van der Waals surface area contributed by atoms with Crippen molar-refractivity contribution in [3.63, 3.8) is 0 Å². The van der Waals surface area contributed by atoms with Gasteiger partial charge in [-0.05, 0) is 33.7 Å². The number of hydrogen-bond acceptors (Lipinski definition) is 3. The number of rotatable bonds is 1. The maximum absolute atomic E-state index is 4.81. The zero-order valence-electron chi connectivity index (χ0n) is 20.2. The number of fused-ring (bicyclic) bond motifs is 15. The molecule has 0 amide bonds. The third-order valence-corrected chi connectivity index (χ3v) is 9.07. The van der Waals surface area contributed by atoms with Crippen molar-refractivity contribution in [3.8, 4) is 5.95 Å². The van der Waals surface area contributed by atoms with Crippen LogP contribution >= 0.6 is 11.3 Å². The predicted molar refractivity (Wildman–Crippen MR) is 162 cm³/mol. The van der Waals surface area contributed by atoms with Gasteiger partial charge in [-0.1, -0.05) is 91.0 Å². The zero-order chi connectivity index (χ0) is 24.8. The van der Waals surface area contributed by atoms with Crippen molar-refractivity contribution >= 4 is 85.6 Å². The van der Waals surface area contributed by atoms with Gasteiger partial charge in [-0.3, -0.25) is 4.57 Å². The van der Waals surface area contributed by atoms with Gasteiger partial charge in [0.25, 0.3) is 0 Å². The lowest BCUT2D eigenvalue weighted by Crippen LogP contribution is -2.00. The van der Waals surface area contributed by atoms with Crippen molar-refractivity contribution in [2.45, 2.75) is 0 Å². The molecular formula is C34H19N3S. The molecule has 0 saturated carbocycles. The van der Waals surface area contributed by atoms with Crippen LogP contribution < -0.4 is 0 Å². The topological polar surface area (TPSA) is 30.7 Å². The normalized spacial score (nSPS) is 12.2. The number of aromatic nitrogens is 3. The lowest BCUT2D eigenvalue weighted by molar-refractivity contribution is 0.993. The summed E-state index contributed by atoms with van der Waals surface area (Å²) in [5, 5.41) is 12.6. The fourth-order valence-electron chi connectivity index (χ4n) is 6.43. The summed E-state index contributed by atoms with van der Waals surface area (Å²) < 4.78 is 4.93. The van der Waals surface area contributed by atoms with Gasteiger partial charge in [0.15, 0.2) is 0 Å². The zero-order valence-corrected chi connectivity index (χ0v) is 21.0. The highest BCUT2D eigenvalue weighted by Crippen LogP contribution is 2.50. The number of benzene rings is 6. The molecule has 0 saturated heterocycles. The molecule has 3 heterocycles. The average molecular weight is 502 g/mol. The van der Waals surface area contributed by atoms with E-state index in [0.717, 1.165) is 5.52 Å². The lowest BCUT2D eigenvalue weighted by Gasteiger charge is -2.11. The molecule has 4 heteroatoms. The predicted octanol–water partition coefficient (Wildman–Crippen LogP) is 9.40. The Labute approximate surface area is 221 Å². The first kappa shape index (κ1) is 20.3. The summed E-state index contributed by atoms with van der Waals surface area (Å²) >= 11 is 1.87. The fraction of sp³-hybridized carbons (Fsp3) is 0. The van der Waals surface area contributed by atoms with Crippen LogP contribution in [0.25, 0.3) is 80.2 Å². The number of hydrogen-bond donors (Lipinski definition) is 0. The molecule has 38 heavy (non-hydrogen) atoms. The minimum Gasteiger partial charge on any atom is -0.277 e. The maximum atomic E-state index is 4.81. The third-order valence-electron chi connectivity index (χ3n) is 7.87. The summed E-state index contributed by atoms with van der Waals surface area (Å²) in [6, 6.07) is 37.1. The average Bonchev–Trinajstić information content (AvgIpc) is 3.55. The van der Waals surface area contributed by atoms with Gasteiger partial charge in [0, 0.05) is 54.1 Å². The van der Waals surface area contributed by atoms with Gasteiger partial charge in [0.05, 0.1) is 11.0 Å². The minimum absolute atomic E-state index is 0.694. The van der Waals surface area contributed by atoms with E-state index in [4.69, 9.17) is 9.97 Å². The Morgan fingerprint density at radius 1 is 0.447 bits per heavy atom. The van der Waals surface area contributed by atoms with E-state index < -0.39 is 0 Å². The minimum atomic E-state index is 0.694. The van der Waals surface area contributed by atoms with E-state index in [1.807, 2.05) is 29.8 Å². The van der Waals surface area contributed by atoms with E-state index in [1.165, 1.54) is 68.8 Å². The highest BCUT2D eigenvalue weighted by atomic mass is 32.1. The van der Waals surface area contributed by atoms with E-state index in [9.17, 15) is 0 Å². The van der Waals surface area contributed by atoms with Crippen molar-refractivity contribution in [2.24, 2.45) is 0 Å². The molecule has 0 aliphatic heterocycles. The van der Waals surface area contributed by atoms with Crippen LogP contribution in [0.2, 0.25) is 0 Å². The van der Waals surface area contributed by atoms with Crippen molar-refractivity contribution in [3.05, 3.63) is 116 Å². The van der Waals surface area contributed by atoms with Gasteiger partial charge >= 0.3 is 0 Å². The molecule has 0 fully saturated rings. The summed E-state index contributed by atoms with van der Waals surface area (Å²) in [6.07, 6.45) is 3.68. The quantitative estimate of drug-likeness (QED) is 0.210. The van der Waals surface area contributed by atoms with Crippen molar-refractivity contribution < 1.29 is 0 Å².